The van der Waals surface area contributed by atoms with Gasteiger partial charge in [0.15, 0.2) is 11.8 Å². The Morgan fingerprint density at radius 3 is 2.75 bits per heavy atom. The lowest BCUT2D eigenvalue weighted by molar-refractivity contribution is -0.239. The molecule has 0 aliphatic heterocycles. The van der Waals surface area contributed by atoms with Gasteiger partial charge in [0.05, 0.1) is 0 Å². The van der Waals surface area contributed by atoms with Gasteiger partial charge in [-0.15, -0.1) is 0 Å². The van der Waals surface area contributed by atoms with Crippen LogP contribution < -0.4 is 5.73 Å². The Hall–Kier alpha value is -0.590. The fourth-order valence-corrected chi connectivity index (χ4v) is 1.11. The van der Waals surface area contributed by atoms with E-state index in [1.807, 2.05) is 6.26 Å². The van der Waals surface area contributed by atoms with Crippen molar-refractivity contribution in [3.8, 4) is 0 Å². The lowest BCUT2D eigenvalue weighted by Gasteiger charge is -2.17. The fraction of sp³-hybridized carbons (Fsp3) is 0.667. The molecule has 0 aliphatic rings. The molecule has 0 aromatic rings. The third-order valence-electron chi connectivity index (χ3n) is 1.39. The monoisotopic (exact) mass is 193 g/mol. The average Bonchev–Trinajstić information content (AvgIpc) is 2.12. The number of nitrogens with two attached hydrogens (primary N) is 1. The second-order valence-corrected chi connectivity index (χ2v) is 3.27. The summed E-state index contributed by atoms with van der Waals surface area (Å²) in [5, 5.41) is 8.01. The van der Waals surface area contributed by atoms with E-state index in [-0.39, 0.29) is 12.7 Å². The van der Waals surface area contributed by atoms with Crippen LogP contribution in [0.15, 0.2) is 0 Å². The largest absolute Gasteiger partial charge is 0.368 e. The Balaban J connectivity index is 4.23. The fourth-order valence-electron chi connectivity index (χ4n) is 0.565. The highest BCUT2D eigenvalue weighted by molar-refractivity contribution is 7.98. The maximum atomic E-state index is 10.7. The molecule has 1 atom stereocenters. The summed E-state index contributed by atoms with van der Waals surface area (Å²) in [4.78, 5) is 24.5. The van der Waals surface area contributed by atoms with Gasteiger partial charge in [0.1, 0.15) is 0 Å². The van der Waals surface area contributed by atoms with Crippen molar-refractivity contribution in [3.63, 3.8) is 0 Å². The van der Waals surface area contributed by atoms with Crippen LogP contribution in [0.4, 0.5) is 0 Å². The van der Waals surface area contributed by atoms with Crippen molar-refractivity contribution < 1.29 is 19.7 Å². The molecule has 0 rings (SSSR count). The minimum atomic E-state index is -1.71. The number of rotatable bonds is 5. The van der Waals surface area contributed by atoms with Crippen LogP contribution in [0, 0.1) is 0 Å². The van der Waals surface area contributed by atoms with E-state index in [0.717, 1.165) is 0 Å². The van der Waals surface area contributed by atoms with E-state index in [1.54, 1.807) is 0 Å². The zero-order valence-corrected chi connectivity index (χ0v) is 7.47. The molecule has 0 aromatic heterocycles. The number of hydrogen-bond acceptors (Lipinski definition) is 6. The molecule has 5 nitrogen and oxygen atoms in total. The third-order valence-corrected chi connectivity index (χ3v) is 2.01. The summed E-state index contributed by atoms with van der Waals surface area (Å²) in [5.41, 5.74) is 3.61. The number of aldehydes is 1. The SMILES string of the molecule is CSCCC(N)(C=O)C(=O)OO. The van der Waals surface area contributed by atoms with Crippen LogP contribution >= 0.6 is 11.8 Å². The quantitative estimate of drug-likeness (QED) is 0.268. The van der Waals surface area contributed by atoms with Crippen molar-refractivity contribution >= 4 is 24.0 Å². The van der Waals surface area contributed by atoms with Gasteiger partial charge >= 0.3 is 5.97 Å². The van der Waals surface area contributed by atoms with E-state index in [4.69, 9.17) is 11.0 Å². The topological polar surface area (TPSA) is 89.6 Å². The molecule has 0 heterocycles. The van der Waals surface area contributed by atoms with Gasteiger partial charge in [-0.3, -0.25) is 4.89 Å². The Morgan fingerprint density at radius 2 is 2.42 bits per heavy atom. The maximum Gasteiger partial charge on any atom is 0.368 e. The van der Waals surface area contributed by atoms with Gasteiger partial charge in [-0.2, -0.15) is 17.0 Å². The van der Waals surface area contributed by atoms with Crippen molar-refractivity contribution in [2.45, 2.75) is 12.0 Å². The molecule has 6 heteroatoms. The third kappa shape index (κ3) is 2.80. The van der Waals surface area contributed by atoms with E-state index < -0.39 is 11.5 Å². The lowest BCUT2D eigenvalue weighted by atomic mass is 10.0. The number of carbonyl (C=O) groups excluding carboxylic acids is 2. The lowest BCUT2D eigenvalue weighted by Crippen LogP contribution is -2.50. The standard InChI is InChI=1S/C6H11NO4S/c1-12-3-2-6(7,4-8)5(9)11-10/h4,10H,2-3,7H2,1H3. The number of hydrogen-bond donors (Lipinski definition) is 2. The summed E-state index contributed by atoms with van der Waals surface area (Å²) in [6, 6.07) is 0. The van der Waals surface area contributed by atoms with E-state index in [1.165, 1.54) is 11.8 Å². The highest BCUT2D eigenvalue weighted by Crippen LogP contribution is 2.09. The van der Waals surface area contributed by atoms with Gasteiger partial charge < -0.3 is 10.5 Å². The normalized spacial score (nSPS) is 14.9. The van der Waals surface area contributed by atoms with Gasteiger partial charge in [0, 0.05) is 0 Å². The van der Waals surface area contributed by atoms with Crippen LogP contribution in [0.3, 0.4) is 0 Å². The van der Waals surface area contributed by atoms with Crippen LogP contribution in [0.1, 0.15) is 6.42 Å². The molecule has 70 valence electrons. The minimum Gasteiger partial charge on any atom is -0.310 e. The first-order valence-electron chi connectivity index (χ1n) is 3.20. The second kappa shape index (κ2) is 5.13. The molecule has 1 unspecified atom stereocenters. The van der Waals surface area contributed by atoms with E-state index in [9.17, 15) is 9.59 Å². The second-order valence-electron chi connectivity index (χ2n) is 2.28. The molecule has 12 heavy (non-hydrogen) atoms. The van der Waals surface area contributed by atoms with Crippen molar-refractivity contribution in [3.05, 3.63) is 0 Å². The molecular formula is C6H11NO4S. The van der Waals surface area contributed by atoms with Crippen LogP contribution in [0.2, 0.25) is 0 Å². The average molecular weight is 193 g/mol. The highest BCUT2D eigenvalue weighted by Gasteiger charge is 2.35. The van der Waals surface area contributed by atoms with Gasteiger partial charge in [-0.25, -0.2) is 4.79 Å². The molecule has 0 radical (unpaired) electrons. The molecule has 0 saturated heterocycles. The van der Waals surface area contributed by atoms with Crippen molar-refractivity contribution in [2.75, 3.05) is 12.0 Å². The summed E-state index contributed by atoms with van der Waals surface area (Å²) in [6.07, 6.45) is 2.24. The molecule has 0 spiro atoms. The first kappa shape index (κ1) is 11.4. The molecule has 0 bridgehead atoms. The summed E-state index contributed by atoms with van der Waals surface area (Å²) >= 11 is 1.44. The van der Waals surface area contributed by atoms with Crippen molar-refractivity contribution in [2.24, 2.45) is 5.73 Å². The molecule has 0 aliphatic carbocycles. The van der Waals surface area contributed by atoms with Gasteiger partial charge in [0.2, 0.25) is 0 Å². The van der Waals surface area contributed by atoms with Crippen molar-refractivity contribution in [1.29, 1.82) is 0 Å². The summed E-state index contributed by atoms with van der Waals surface area (Å²) in [7, 11) is 0. The Kier molecular flexibility index (Phi) is 4.87. The van der Waals surface area contributed by atoms with Crippen molar-refractivity contribution in [1.82, 2.24) is 0 Å². The van der Waals surface area contributed by atoms with E-state index >= 15 is 0 Å². The predicted octanol–water partition coefficient (Wildman–Crippen LogP) is -0.348. The van der Waals surface area contributed by atoms with E-state index in [2.05, 4.69) is 4.89 Å². The number of carbonyl (C=O) groups is 2. The molecular weight excluding hydrogens is 182 g/mol. The first-order valence-corrected chi connectivity index (χ1v) is 4.60. The zero-order chi connectivity index (χ0) is 9.61. The Labute approximate surface area is 74.2 Å². The van der Waals surface area contributed by atoms with Crippen LogP contribution in [-0.2, 0) is 14.5 Å². The number of thioether (sulfide) groups is 1. The minimum absolute atomic E-state index is 0.150. The molecule has 0 fully saturated rings. The zero-order valence-electron chi connectivity index (χ0n) is 6.65. The highest BCUT2D eigenvalue weighted by atomic mass is 32.2. The van der Waals surface area contributed by atoms with Crippen LogP contribution in [0.5, 0.6) is 0 Å². The Bertz CT molecular complexity index is 175. The van der Waals surface area contributed by atoms with Gasteiger partial charge in [0.25, 0.3) is 0 Å². The molecule has 0 amide bonds. The predicted molar refractivity (Wildman–Crippen MR) is 44.7 cm³/mol. The van der Waals surface area contributed by atoms with Gasteiger partial charge in [-0.05, 0) is 18.4 Å². The summed E-state index contributed by atoms with van der Waals surface area (Å²) in [6.45, 7) is 0. The maximum absolute atomic E-state index is 10.7. The molecule has 0 saturated carbocycles. The first-order chi connectivity index (χ1) is 5.60. The molecule has 3 N–H and O–H groups in total. The Morgan fingerprint density at radius 1 is 1.83 bits per heavy atom. The van der Waals surface area contributed by atoms with E-state index in [0.29, 0.717) is 5.75 Å². The van der Waals surface area contributed by atoms with Gasteiger partial charge in [-0.1, -0.05) is 0 Å². The summed E-state index contributed by atoms with van der Waals surface area (Å²) in [5.74, 6) is -0.573. The van der Waals surface area contributed by atoms with Crippen LogP contribution in [-0.4, -0.2) is 35.1 Å². The smallest absolute Gasteiger partial charge is 0.310 e. The molecule has 0 aromatic carbocycles. The van der Waals surface area contributed by atoms with Crippen LogP contribution in [0.25, 0.3) is 0 Å². The summed E-state index contributed by atoms with van der Waals surface area (Å²) < 4.78 is 0.